The monoisotopic (exact) mass is 462 g/mol. The van der Waals surface area contributed by atoms with Crippen LogP contribution in [0.2, 0.25) is 5.02 Å². The van der Waals surface area contributed by atoms with Gasteiger partial charge in [-0.15, -0.1) is 10.2 Å². The standard InChI is InChI=1S/C22H24ClFN4O2S/c1-5-28-21(15(4)30-19-8-6-7-13(2)14(19)3)26-27-22(28)31-12-20(29)25-16-9-10-18(24)17(23)11-16/h6-11,15H,5,12H2,1-4H3,(H,25,29). The minimum Gasteiger partial charge on any atom is -0.482 e. The highest BCUT2D eigenvalue weighted by molar-refractivity contribution is 7.99. The Hall–Kier alpha value is -2.58. The Kier molecular flexibility index (Phi) is 7.56. The fourth-order valence-corrected chi connectivity index (χ4v) is 3.99. The van der Waals surface area contributed by atoms with E-state index in [9.17, 15) is 9.18 Å². The minimum atomic E-state index is -0.533. The number of rotatable bonds is 8. The summed E-state index contributed by atoms with van der Waals surface area (Å²) in [6.07, 6.45) is -0.308. The van der Waals surface area contributed by atoms with Crippen LogP contribution < -0.4 is 10.1 Å². The number of thioether (sulfide) groups is 1. The molecule has 1 heterocycles. The molecule has 3 rings (SSSR count). The predicted octanol–water partition coefficient (Wildman–Crippen LogP) is 5.58. The third kappa shape index (κ3) is 5.57. The first-order valence-corrected chi connectivity index (χ1v) is 11.2. The Balaban J connectivity index is 1.65. The SMILES string of the molecule is CCn1c(SCC(=O)Nc2ccc(F)c(Cl)c2)nnc1C(C)Oc1cccc(C)c1C. The molecule has 3 aromatic rings. The Bertz CT molecular complexity index is 1090. The molecule has 6 nitrogen and oxygen atoms in total. The Labute approximate surface area is 190 Å². The molecule has 1 atom stereocenters. The fourth-order valence-electron chi connectivity index (χ4n) is 3.00. The second kappa shape index (κ2) is 10.2. The number of ether oxygens (including phenoxy) is 1. The molecular weight excluding hydrogens is 439 g/mol. The number of aromatic nitrogens is 3. The fraction of sp³-hybridized carbons (Fsp3) is 0.318. The normalized spacial score (nSPS) is 11.9. The number of aryl methyl sites for hydroxylation is 1. The van der Waals surface area contributed by atoms with E-state index in [1.54, 1.807) is 0 Å². The van der Waals surface area contributed by atoms with Crippen LogP contribution in [-0.2, 0) is 11.3 Å². The summed E-state index contributed by atoms with van der Waals surface area (Å²) in [7, 11) is 0. The molecule has 0 spiro atoms. The molecule has 164 valence electrons. The molecule has 0 radical (unpaired) electrons. The zero-order valence-corrected chi connectivity index (χ0v) is 19.4. The number of anilines is 1. The molecule has 0 saturated heterocycles. The van der Waals surface area contributed by atoms with Crippen molar-refractivity contribution in [1.29, 1.82) is 0 Å². The van der Waals surface area contributed by atoms with E-state index in [1.165, 1.54) is 30.0 Å². The van der Waals surface area contributed by atoms with Crippen LogP contribution in [0.3, 0.4) is 0 Å². The summed E-state index contributed by atoms with van der Waals surface area (Å²) in [4.78, 5) is 12.3. The summed E-state index contributed by atoms with van der Waals surface area (Å²) in [5.74, 6) is 0.843. The quantitative estimate of drug-likeness (QED) is 0.442. The lowest BCUT2D eigenvalue weighted by Crippen LogP contribution is -2.15. The maximum Gasteiger partial charge on any atom is 0.234 e. The van der Waals surface area contributed by atoms with Gasteiger partial charge in [0.2, 0.25) is 5.91 Å². The van der Waals surface area contributed by atoms with E-state index in [1.807, 2.05) is 50.5 Å². The molecule has 2 aromatic carbocycles. The van der Waals surface area contributed by atoms with Crippen molar-refractivity contribution in [3.63, 3.8) is 0 Å². The van der Waals surface area contributed by atoms with Gasteiger partial charge in [0.15, 0.2) is 17.1 Å². The maximum absolute atomic E-state index is 13.3. The van der Waals surface area contributed by atoms with Crippen molar-refractivity contribution in [2.75, 3.05) is 11.1 Å². The average Bonchev–Trinajstić information content (AvgIpc) is 3.15. The van der Waals surface area contributed by atoms with Crippen molar-refractivity contribution in [2.45, 2.75) is 45.5 Å². The number of benzene rings is 2. The van der Waals surface area contributed by atoms with Gasteiger partial charge < -0.3 is 14.6 Å². The highest BCUT2D eigenvalue weighted by Crippen LogP contribution is 2.28. The van der Waals surface area contributed by atoms with Crippen molar-refractivity contribution in [1.82, 2.24) is 14.8 Å². The highest BCUT2D eigenvalue weighted by Gasteiger charge is 2.20. The molecule has 1 aromatic heterocycles. The number of hydrogen-bond donors (Lipinski definition) is 1. The molecule has 0 aliphatic heterocycles. The van der Waals surface area contributed by atoms with Gasteiger partial charge in [-0.3, -0.25) is 4.79 Å². The largest absolute Gasteiger partial charge is 0.482 e. The topological polar surface area (TPSA) is 69.0 Å². The van der Waals surface area contributed by atoms with Gasteiger partial charge in [-0.25, -0.2) is 4.39 Å². The van der Waals surface area contributed by atoms with Crippen LogP contribution >= 0.6 is 23.4 Å². The summed E-state index contributed by atoms with van der Waals surface area (Å²) < 4.78 is 21.3. The van der Waals surface area contributed by atoms with E-state index < -0.39 is 5.82 Å². The summed E-state index contributed by atoms with van der Waals surface area (Å²) in [6.45, 7) is 8.62. The van der Waals surface area contributed by atoms with Crippen LogP contribution in [0.4, 0.5) is 10.1 Å². The van der Waals surface area contributed by atoms with Crippen LogP contribution in [0.1, 0.15) is 36.9 Å². The van der Waals surface area contributed by atoms with Gasteiger partial charge in [-0.2, -0.15) is 0 Å². The van der Waals surface area contributed by atoms with Crippen LogP contribution in [0.5, 0.6) is 5.75 Å². The lowest BCUT2D eigenvalue weighted by atomic mass is 10.1. The number of nitrogens with one attached hydrogen (secondary N) is 1. The van der Waals surface area contributed by atoms with Crippen LogP contribution in [-0.4, -0.2) is 26.4 Å². The number of hydrogen-bond acceptors (Lipinski definition) is 5. The van der Waals surface area contributed by atoms with Crippen molar-refractivity contribution in [2.24, 2.45) is 0 Å². The lowest BCUT2D eigenvalue weighted by molar-refractivity contribution is -0.113. The van der Waals surface area contributed by atoms with Crippen molar-refractivity contribution >= 4 is 35.0 Å². The smallest absolute Gasteiger partial charge is 0.234 e. The molecule has 0 saturated carbocycles. The van der Waals surface area contributed by atoms with Gasteiger partial charge in [0, 0.05) is 12.2 Å². The highest BCUT2D eigenvalue weighted by atomic mass is 35.5. The number of amides is 1. The number of carbonyl (C=O) groups is 1. The van der Waals surface area contributed by atoms with E-state index in [0.29, 0.717) is 23.2 Å². The van der Waals surface area contributed by atoms with Crippen LogP contribution in [0.15, 0.2) is 41.6 Å². The second-order valence-electron chi connectivity index (χ2n) is 7.01. The molecule has 9 heteroatoms. The molecule has 0 bridgehead atoms. The van der Waals surface area contributed by atoms with Crippen molar-refractivity contribution < 1.29 is 13.9 Å². The van der Waals surface area contributed by atoms with Gasteiger partial charge >= 0.3 is 0 Å². The summed E-state index contributed by atoms with van der Waals surface area (Å²) in [5.41, 5.74) is 2.68. The summed E-state index contributed by atoms with van der Waals surface area (Å²) >= 11 is 7.02. The Morgan fingerprint density at radius 2 is 2.06 bits per heavy atom. The number of carbonyl (C=O) groups excluding carboxylic acids is 1. The molecule has 0 aliphatic carbocycles. The third-order valence-electron chi connectivity index (χ3n) is 4.82. The molecule has 1 unspecified atom stereocenters. The van der Waals surface area contributed by atoms with Gasteiger partial charge in [0.1, 0.15) is 11.6 Å². The number of halogens is 2. The van der Waals surface area contributed by atoms with Crippen molar-refractivity contribution in [3.05, 3.63) is 64.2 Å². The van der Waals surface area contributed by atoms with Crippen LogP contribution in [0, 0.1) is 19.7 Å². The first kappa shape index (κ1) is 23.1. The molecular formula is C22H24ClFN4O2S. The van der Waals surface area contributed by atoms with E-state index in [2.05, 4.69) is 15.5 Å². The zero-order valence-electron chi connectivity index (χ0n) is 17.8. The lowest BCUT2D eigenvalue weighted by Gasteiger charge is -2.17. The molecule has 0 aliphatic rings. The summed E-state index contributed by atoms with van der Waals surface area (Å²) in [6, 6.07) is 9.99. The van der Waals surface area contributed by atoms with Gasteiger partial charge in [0.25, 0.3) is 0 Å². The average molecular weight is 463 g/mol. The molecule has 0 fully saturated rings. The molecule has 31 heavy (non-hydrogen) atoms. The van der Waals surface area contributed by atoms with E-state index >= 15 is 0 Å². The van der Waals surface area contributed by atoms with Crippen LogP contribution in [0.25, 0.3) is 0 Å². The Morgan fingerprint density at radius 3 is 2.77 bits per heavy atom. The third-order valence-corrected chi connectivity index (χ3v) is 6.08. The van der Waals surface area contributed by atoms with E-state index in [4.69, 9.17) is 16.3 Å². The van der Waals surface area contributed by atoms with E-state index in [0.717, 1.165) is 16.9 Å². The molecule has 1 N–H and O–H groups in total. The van der Waals surface area contributed by atoms with Gasteiger partial charge in [0.05, 0.1) is 10.8 Å². The maximum atomic E-state index is 13.3. The summed E-state index contributed by atoms with van der Waals surface area (Å²) in [5, 5.41) is 11.8. The minimum absolute atomic E-state index is 0.0429. The second-order valence-corrected chi connectivity index (χ2v) is 8.36. The van der Waals surface area contributed by atoms with Crippen molar-refractivity contribution in [3.8, 4) is 5.75 Å². The first-order chi connectivity index (χ1) is 14.8. The molecule has 1 amide bonds. The van der Waals surface area contributed by atoms with Gasteiger partial charge in [-0.1, -0.05) is 35.5 Å². The number of nitrogens with zero attached hydrogens (tertiary/aromatic N) is 3. The zero-order chi connectivity index (χ0) is 22.5. The Morgan fingerprint density at radius 1 is 1.29 bits per heavy atom. The first-order valence-electron chi connectivity index (χ1n) is 9.83. The van der Waals surface area contributed by atoms with Gasteiger partial charge in [-0.05, 0) is 63.1 Å². The predicted molar refractivity (Wildman–Crippen MR) is 121 cm³/mol. The van der Waals surface area contributed by atoms with E-state index in [-0.39, 0.29) is 22.8 Å².